The minimum atomic E-state index is -3.28. The number of aromatic hydroxyl groups is 1. The van der Waals surface area contributed by atoms with E-state index in [1.807, 2.05) is 81.4 Å². The van der Waals surface area contributed by atoms with Gasteiger partial charge >= 0.3 is 0 Å². The van der Waals surface area contributed by atoms with Crippen LogP contribution in [-0.2, 0) is 9.72 Å². The molecule has 4 heteroatoms. The Labute approximate surface area is 153 Å². The van der Waals surface area contributed by atoms with Gasteiger partial charge in [-0.1, -0.05) is 48.5 Å². The topological polar surface area (TPSA) is 46.5 Å². The van der Waals surface area contributed by atoms with Crippen LogP contribution in [0.15, 0.2) is 66.7 Å². The molecule has 0 amide bonds. The normalized spacial score (nSPS) is 18.6. The summed E-state index contributed by atoms with van der Waals surface area (Å²) < 4.78 is 20.6. The molecule has 3 aromatic rings. The number of benzene rings is 3. The van der Waals surface area contributed by atoms with Gasteiger partial charge in [-0.05, 0) is 55.7 Å². The Morgan fingerprint density at radius 1 is 0.923 bits per heavy atom. The van der Waals surface area contributed by atoms with Gasteiger partial charge in [0, 0.05) is 5.56 Å². The number of rotatable bonds is 2. The molecule has 1 heterocycles. The van der Waals surface area contributed by atoms with Crippen LogP contribution < -0.4 is 9.83 Å². The zero-order valence-corrected chi connectivity index (χ0v) is 16.0. The van der Waals surface area contributed by atoms with E-state index in [1.165, 1.54) is 0 Å². The van der Waals surface area contributed by atoms with Gasteiger partial charge in [0.2, 0.25) is 0 Å². The predicted octanol–water partition coefficient (Wildman–Crippen LogP) is 5.60. The first-order valence-electron chi connectivity index (χ1n) is 8.63. The number of hydrogen-bond acceptors (Lipinski definition) is 3. The minimum Gasteiger partial charge on any atom is -0.508 e. The Bertz CT molecular complexity index is 1050. The number of phenolic OH excluding ortho intramolecular Hbond substituents is 1. The largest absolute Gasteiger partial charge is 0.508 e. The van der Waals surface area contributed by atoms with Crippen molar-refractivity contribution in [3.8, 4) is 22.6 Å². The van der Waals surface area contributed by atoms with Gasteiger partial charge in [0.25, 0.3) is 7.37 Å². The average molecular weight is 364 g/mol. The summed E-state index contributed by atoms with van der Waals surface area (Å²) in [5, 5.41) is 9.86. The van der Waals surface area contributed by atoms with Crippen LogP contribution in [0.1, 0.15) is 25.0 Å². The number of hydrogen-bond donors (Lipinski definition) is 1. The second-order valence-electron chi connectivity index (χ2n) is 7.22. The SMILES string of the molecule is Cc1cc(C(C)(C)P2(=O)Oc3ccccc3-c3ccccc32)ccc1O. The summed E-state index contributed by atoms with van der Waals surface area (Å²) in [6.45, 7) is 5.74. The van der Waals surface area contributed by atoms with Gasteiger partial charge in [0.05, 0.1) is 10.5 Å². The van der Waals surface area contributed by atoms with Crippen molar-refractivity contribution in [3.63, 3.8) is 0 Å². The smallest absolute Gasteiger partial charge is 0.287 e. The van der Waals surface area contributed by atoms with Gasteiger partial charge in [-0.25, -0.2) is 0 Å². The Morgan fingerprint density at radius 3 is 2.31 bits per heavy atom. The number of fused-ring (bicyclic) bond motifs is 3. The summed E-state index contributed by atoms with van der Waals surface area (Å²) >= 11 is 0. The highest BCUT2D eigenvalue weighted by Crippen LogP contribution is 2.66. The van der Waals surface area contributed by atoms with Crippen molar-refractivity contribution in [1.29, 1.82) is 0 Å². The molecule has 0 aromatic heterocycles. The lowest BCUT2D eigenvalue weighted by Crippen LogP contribution is -2.31. The highest BCUT2D eigenvalue weighted by atomic mass is 31.2. The van der Waals surface area contributed by atoms with E-state index in [4.69, 9.17) is 4.52 Å². The molecule has 26 heavy (non-hydrogen) atoms. The molecule has 0 fully saturated rings. The van der Waals surface area contributed by atoms with Gasteiger partial charge in [0.1, 0.15) is 11.5 Å². The Balaban J connectivity index is 1.96. The van der Waals surface area contributed by atoms with Crippen LogP contribution in [0.3, 0.4) is 0 Å². The van der Waals surface area contributed by atoms with Crippen molar-refractivity contribution in [3.05, 3.63) is 77.9 Å². The molecule has 1 aliphatic heterocycles. The van der Waals surface area contributed by atoms with Crippen molar-refractivity contribution < 1.29 is 14.2 Å². The van der Waals surface area contributed by atoms with E-state index in [9.17, 15) is 9.67 Å². The Morgan fingerprint density at radius 2 is 1.58 bits per heavy atom. The molecule has 4 rings (SSSR count). The second-order valence-corrected chi connectivity index (χ2v) is 10.1. The maximum absolute atomic E-state index is 14.4. The molecule has 0 saturated heterocycles. The summed E-state index contributed by atoms with van der Waals surface area (Å²) in [4.78, 5) is 0. The Kier molecular flexibility index (Phi) is 3.75. The molecule has 3 aromatic carbocycles. The number of phenols is 1. The molecule has 1 N–H and O–H groups in total. The molecule has 1 unspecified atom stereocenters. The third-order valence-corrected chi connectivity index (χ3v) is 8.47. The lowest BCUT2D eigenvalue weighted by Gasteiger charge is -2.39. The van der Waals surface area contributed by atoms with E-state index in [1.54, 1.807) is 6.07 Å². The quantitative estimate of drug-likeness (QED) is 0.602. The molecular weight excluding hydrogens is 343 g/mol. The number of aryl methyl sites for hydroxylation is 1. The van der Waals surface area contributed by atoms with E-state index in [-0.39, 0.29) is 5.75 Å². The zero-order valence-electron chi connectivity index (χ0n) is 15.1. The van der Waals surface area contributed by atoms with Crippen molar-refractivity contribution in [1.82, 2.24) is 0 Å². The van der Waals surface area contributed by atoms with Crippen LogP contribution in [0.2, 0.25) is 0 Å². The van der Waals surface area contributed by atoms with Gasteiger partial charge in [0.15, 0.2) is 0 Å². The number of para-hydroxylation sites is 1. The zero-order chi connectivity index (χ0) is 18.5. The van der Waals surface area contributed by atoms with Crippen molar-refractivity contribution in [2.75, 3.05) is 0 Å². The minimum absolute atomic E-state index is 0.234. The molecule has 0 aliphatic carbocycles. The van der Waals surface area contributed by atoms with Crippen molar-refractivity contribution in [2.45, 2.75) is 25.9 Å². The lowest BCUT2D eigenvalue weighted by molar-refractivity contribution is 0.454. The molecule has 3 nitrogen and oxygen atoms in total. The fourth-order valence-electron chi connectivity index (χ4n) is 3.54. The second kappa shape index (κ2) is 5.75. The van der Waals surface area contributed by atoms with E-state index in [0.717, 1.165) is 27.6 Å². The lowest BCUT2D eigenvalue weighted by atomic mass is 10.00. The summed E-state index contributed by atoms with van der Waals surface area (Å²) in [5.41, 5.74) is 3.56. The van der Waals surface area contributed by atoms with Crippen molar-refractivity contribution >= 4 is 12.7 Å². The van der Waals surface area contributed by atoms with Crippen LogP contribution in [0.25, 0.3) is 11.1 Å². The van der Waals surface area contributed by atoms with Gasteiger partial charge in [-0.3, -0.25) is 4.57 Å². The van der Waals surface area contributed by atoms with Crippen LogP contribution in [0.4, 0.5) is 0 Å². The predicted molar refractivity (Wildman–Crippen MR) is 106 cm³/mol. The monoisotopic (exact) mass is 364 g/mol. The first-order chi connectivity index (χ1) is 12.3. The highest BCUT2D eigenvalue weighted by molar-refractivity contribution is 7.68. The molecule has 132 valence electrons. The molecule has 0 spiro atoms. The first kappa shape index (κ1) is 16.9. The summed E-state index contributed by atoms with van der Waals surface area (Å²) in [5.74, 6) is 0.885. The van der Waals surface area contributed by atoms with E-state index in [2.05, 4.69) is 0 Å². The average Bonchev–Trinajstić information content (AvgIpc) is 2.64. The molecule has 0 bridgehead atoms. The first-order valence-corrected chi connectivity index (χ1v) is 10.3. The Hall–Kier alpha value is -2.51. The summed E-state index contributed by atoms with van der Waals surface area (Å²) in [6.07, 6.45) is 0. The maximum Gasteiger partial charge on any atom is 0.287 e. The highest BCUT2D eigenvalue weighted by Gasteiger charge is 2.49. The van der Waals surface area contributed by atoms with Gasteiger partial charge < -0.3 is 9.63 Å². The van der Waals surface area contributed by atoms with Crippen LogP contribution in [-0.4, -0.2) is 5.11 Å². The van der Waals surface area contributed by atoms with Crippen LogP contribution in [0.5, 0.6) is 11.5 Å². The summed E-state index contributed by atoms with van der Waals surface area (Å²) in [6, 6.07) is 20.9. The van der Waals surface area contributed by atoms with Crippen LogP contribution in [0, 0.1) is 6.92 Å². The maximum atomic E-state index is 14.4. The molecule has 0 saturated carbocycles. The fourth-order valence-corrected chi connectivity index (χ4v) is 6.17. The van der Waals surface area contributed by atoms with Gasteiger partial charge in [-0.2, -0.15) is 0 Å². The van der Waals surface area contributed by atoms with Gasteiger partial charge in [-0.15, -0.1) is 0 Å². The standard InChI is InChI=1S/C22H21O3P/c1-15-14-16(12-13-19(15)23)22(2,3)26(24)21-11-7-5-9-18(21)17-8-4-6-10-20(17)25-26/h4-14,23H,1-3H3. The van der Waals surface area contributed by atoms with Crippen molar-refractivity contribution in [2.24, 2.45) is 0 Å². The third kappa shape index (κ3) is 2.31. The molecule has 1 aliphatic rings. The molecular formula is C22H21O3P. The molecule has 1 atom stereocenters. The summed E-state index contributed by atoms with van der Waals surface area (Å²) in [7, 11) is -3.28. The van der Waals surface area contributed by atoms with E-state index in [0.29, 0.717) is 5.75 Å². The van der Waals surface area contributed by atoms with E-state index < -0.39 is 12.5 Å². The fraction of sp³-hybridized carbons (Fsp3) is 0.182. The van der Waals surface area contributed by atoms with Crippen LogP contribution >= 0.6 is 7.37 Å². The molecule has 0 radical (unpaired) electrons. The third-order valence-electron chi connectivity index (χ3n) is 5.26. The van der Waals surface area contributed by atoms with E-state index >= 15 is 0 Å².